The van der Waals surface area contributed by atoms with Crippen LogP contribution in [0.4, 0.5) is 5.69 Å². The van der Waals surface area contributed by atoms with Gasteiger partial charge in [0.15, 0.2) is 9.84 Å². The fraction of sp³-hybridized carbons (Fsp3) is 0.267. The number of anilines is 1. The second kappa shape index (κ2) is 6.56. The minimum Gasteiger partial charge on any atom is -0.478 e. The molecule has 0 amide bonds. The molecule has 0 spiro atoms. The maximum Gasteiger partial charge on any atom is 0.346 e. The van der Waals surface area contributed by atoms with Gasteiger partial charge in [0, 0.05) is 0 Å². The SMILES string of the molecule is CCS(=O)(=O)c1ccc2c(c1)N(S(=O)(=O)c1cccs1)C[C@H](C(=O)O)O2. The lowest BCUT2D eigenvalue weighted by molar-refractivity contribution is -0.144. The van der Waals surface area contributed by atoms with Crippen molar-refractivity contribution in [3.63, 3.8) is 0 Å². The number of hydrogen-bond acceptors (Lipinski definition) is 7. The number of ether oxygens (including phenoxy) is 1. The molecule has 2 aromatic rings. The fourth-order valence-corrected chi connectivity index (χ4v) is 5.94. The van der Waals surface area contributed by atoms with E-state index in [9.17, 15) is 26.7 Å². The summed E-state index contributed by atoms with van der Waals surface area (Å²) in [5.74, 6) is -1.46. The van der Waals surface area contributed by atoms with Gasteiger partial charge in [-0.15, -0.1) is 11.3 Å². The smallest absolute Gasteiger partial charge is 0.346 e. The van der Waals surface area contributed by atoms with Crippen molar-refractivity contribution in [2.24, 2.45) is 0 Å². The molecule has 8 nitrogen and oxygen atoms in total. The summed E-state index contributed by atoms with van der Waals surface area (Å²) in [5.41, 5.74) is 0.00502. The van der Waals surface area contributed by atoms with Crippen molar-refractivity contribution >= 4 is 42.9 Å². The van der Waals surface area contributed by atoms with Crippen molar-refractivity contribution < 1.29 is 31.5 Å². The van der Waals surface area contributed by atoms with Crippen LogP contribution in [0, 0.1) is 0 Å². The molecule has 140 valence electrons. The number of rotatable bonds is 5. The third kappa shape index (κ3) is 3.17. The highest BCUT2D eigenvalue weighted by Crippen LogP contribution is 2.39. The van der Waals surface area contributed by atoms with Gasteiger partial charge in [0.25, 0.3) is 10.0 Å². The van der Waals surface area contributed by atoms with Crippen LogP contribution in [0.15, 0.2) is 44.8 Å². The Labute approximate surface area is 154 Å². The molecule has 1 aliphatic heterocycles. The molecule has 1 atom stereocenters. The Bertz CT molecular complexity index is 1040. The topological polar surface area (TPSA) is 118 Å². The number of hydrogen-bond donors (Lipinski definition) is 1. The minimum atomic E-state index is -4.05. The van der Waals surface area contributed by atoms with Gasteiger partial charge < -0.3 is 9.84 Å². The molecule has 0 radical (unpaired) electrons. The lowest BCUT2D eigenvalue weighted by atomic mass is 10.2. The molecule has 11 heteroatoms. The quantitative estimate of drug-likeness (QED) is 0.785. The molecule has 1 N–H and O–H groups in total. The van der Waals surface area contributed by atoms with E-state index in [-0.39, 0.29) is 26.3 Å². The standard InChI is InChI=1S/C15H15NO7S3/c1-2-25(19,20)10-5-6-12-11(8-10)16(9-13(23-12)15(17)18)26(21,22)14-4-3-7-24-14/h3-8,13H,2,9H2,1H3,(H,17,18)/t13-/m1/s1. The van der Waals surface area contributed by atoms with E-state index in [1.807, 2.05) is 0 Å². The molecule has 0 saturated heterocycles. The fourth-order valence-electron chi connectivity index (χ4n) is 2.47. The lowest BCUT2D eigenvalue weighted by Crippen LogP contribution is -2.46. The van der Waals surface area contributed by atoms with E-state index >= 15 is 0 Å². The maximum atomic E-state index is 12.9. The van der Waals surface area contributed by atoms with Crippen molar-refractivity contribution in [2.45, 2.75) is 22.1 Å². The van der Waals surface area contributed by atoms with E-state index in [4.69, 9.17) is 4.74 Å². The predicted octanol–water partition coefficient (Wildman–Crippen LogP) is 1.58. The van der Waals surface area contributed by atoms with Crippen LogP contribution in [0.25, 0.3) is 0 Å². The van der Waals surface area contributed by atoms with E-state index in [0.29, 0.717) is 0 Å². The molecule has 0 fully saturated rings. The summed E-state index contributed by atoms with van der Waals surface area (Å²) in [6.45, 7) is 1.02. The van der Waals surface area contributed by atoms with E-state index in [2.05, 4.69) is 0 Å². The van der Waals surface area contributed by atoms with Crippen LogP contribution in [0.5, 0.6) is 5.75 Å². The number of aliphatic carboxylic acids is 1. The summed E-state index contributed by atoms with van der Waals surface area (Å²) >= 11 is 0.986. The lowest BCUT2D eigenvalue weighted by Gasteiger charge is -2.33. The molecular formula is C15H15NO7S3. The molecule has 0 aliphatic carbocycles. The van der Waals surface area contributed by atoms with Crippen LogP contribution in [0.2, 0.25) is 0 Å². The van der Waals surface area contributed by atoms with Gasteiger partial charge in [0.1, 0.15) is 9.96 Å². The Balaban J connectivity index is 2.19. The largest absolute Gasteiger partial charge is 0.478 e. The first-order valence-electron chi connectivity index (χ1n) is 7.49. The van der Waals surface area contributed by atoms with Crippen molar-refractivity contribution in [3.05, 3.63) is 35.7 Å². The second-order valence-corrected chi connectivity index (χ2v) is 10.8. The number of carbonyl (C=O) groups is 1. The Kier molecular flexibility index (Phi) is 4.71. The Morgan fingerprint density at radius 1 is 1.31 bits per heavy atom. The molecule has 26 heavy (non-hydrogen) atoms. The molecule has 1 aromatic heterocycles. The van der Waals surface area contributed by atoms with Gasteiger partial charge >= 0.3 is 5.97 Å². The Hall–Kier alpha value is -2.11. The summed E-state index contributed by atoms with van der Waals surface area (Å²) in [4.78, 5) is 11.3. The first-order valence-corrected chi connectivity index (χ1v) is 11.5. The van der Waals surface area contributed by atoms with Crippen molar-refractivity contribution in [2.75, 3.05) is 16.6 Å². The van der Waals surface area contributed by atoms with Crippen molar-refractivity contribution in [3.8, 4) is 5.75 Å². The van der Waals surface area contributed by atoms with Crippen LogP contribution in [0.1, 0.15) is 6.92 Å². The molecule has 0 saturated carbocycles. The highest BCUT2D eigenvalue weighted by molar-refractivity contribution is 7.94. The highest BCUT2D eigenvalue weighted by Gasteiger charge is 2.38. The maximum absolute atomic E-state index is 12.9. The monoisotopic (exact) mass is 417 g/mol. The van der Waals surface area contributed by atoms with Gasteiger partial charge in [0.05, 0.1) is 22.9 Å². The van der Waals surface area contributed by atoms with Crippen LogP contribution in [-0.4, -0.2) is 46.3 Å². The second-order valence-electron chi connectivity index (χ2n) is 5.45. The van der Waals surface area contributed by atoms with Gasteiger partial charge in [-0.3, -0.25) is 4.31 Å². The highest BCUT2D eigenvalue weighted by atomic mass is 32.2. The minimum absolute atomic E-state index is 0.00108. The van der Waals surface area contributed by atoms with E-state index in [1.54, 1.807) is 11.4 Å². The van der Waals surface area contributed by atoms with E-state index in [1.165, 1.54) is 31.2 Å². The average Bonchev–Trinajstić information content (AvgIpc) is 3.15. The van der Waals surface area contributed by atoms with Gasteiger partial charge in [-0.2, -0.15) is 0 Å². The molecule has 2 heterocycles. The average molecular weight is 417 g/mol. The van der Waals surface area contributed by atoms with Crippen LogP contribution >= 0.6 is 11.3 Å². The molecular weight excluding hydrogens is 402 g/mol. The third-order valence-corrected chi connectivity index (χ3v) is 8.74. The zero-order valence-corrected chi connectivity index (χ0v) is 16.0. The van der Waals surface area contributed by atoms with Crippen LogP contribution in [-0.2, 0) is 24.7 Å². The van der Waals surface area contributed by atoms with E-state index < -0.39 is 38.5 Å². The molecule has 3 rings (SSSR count). The van der Waals surface area contributed by atoms with E-state index in [0.717, 1.165) is 15.6 Å². The van der Waals surface area contributed by atoms with Crippen LogP contribution < -0.4 is 9.04 Å². The third-order valence-electron chi connectivity index (χ3n) is 3.85. The number of fused-ring (bicyclic) bond motifs is 1. The number of sulfone groups is 1. The number of nitrogens with zero attached hydrogens (tertiary/aromatic N) is 1. The van der Waals surface area contributed by atoms with Gasteiger partial charge in [-0.25, -0.2) is 21.6 Å². The number of sulfonamides is 1. The van der Waals surface area contributed by atoms with Crippen molar-refractivity contribution in [1.29, 1.82) is 0 Å². The first kappa shape index (κ1) is 18.7. The number of carboxylic acids is 1. The van der Waals surface area contributed by atoms with Crippen molar-refractivity contribution in [1.82, 2.24) is 0 Å². The zero-order chi connectivity index (χ0) is 19.1. The van der Waals surface area contributed by atoms with Gasteiger partial charge in [-0.05, 0) is 29.6 Å². The molecule has 0 bridgehead atoms. The van der Waals surface area contributed by atoms with Gasteiger partial charge in [0.2, 0.25) is 6.10 Å². The summed E-state index contributed by atoms with van der Waals surface area (Å²) in [6, 6.07) is 6.72. The molecule has 1 aliphatic rings. The summed E-state index contributed by atoms with van der Waals surface area (Å²) in [7, 11) is -7.63. The molecule has 0 unspecified atom stereocenters. The zero-order valence-electron chi connectivity index (χ0n) is 13.5. The summed E-state index contributed by atoms with van der Waals surface area (Å²) in [5, 5.41) is 10.8. The Morgan fingerprint density at radius 3 is 2.62 bits per heavy atom. The summed E-state index contributed by atoms with van der Waals surface area (Å²) < 4.78 is 56.4. The first-order chi connectivity index (χ1) is 12.2. The normalized spacial score (nSPS) is 17.4. The number of thiophene rings is 1. The van der Waals surface area contributed by atoms with Crippen LogP contribution in [0.3, 0.4) is 0 Å². The van der Waals surface area contributed by atoms with Gasteiger partial charge in [-0.1, -0.05) is 13.0 Å². The summed E-state index contributed by atoms with van der Waals surface area (Å²) in [6.07, 6.45) is -1.40. The predicted molar refractivity (Wildman–Crippen MR) is 95.1 cm³/mol. The molecule has 1 aromatic carbocycles. The Morgan fingerprint density at radius 2 is 2.04 bits per heavy atom. The number of benzene rings is 1. The number of carboxylic acid groups (broad SMARTS) is 1.